The number of aryl methyl sites for hydroxylation is 1. The van der Waals surface area contributed by atoms with Gasteiger partial charge in [-0.05, 0) is 46.8 Å². The molecule has 0 unspecified atom stereocenters. The van der Waals surface area contributed by atoms with Crippen molar-refractivity contribution in [3.63, 3.8) is 0 Å². The Balaban J connectivity index is 1.91. The number of hydrogen-bond acceptors (Lipinski definition) is 5. The van der Waals surface area contributed by atoms with Crippen LogP contribution >= 0.6 is 0 Å². The highest BCUT2D eigenvalue weighted by molar-refractivity contribution is 6.46. The highest BCUT2D eigenvalue weighted by Crippen LogP contribution is 2.36. The first-order valence-electron chi connectivity index (χ1n) is 6.65. The van der Waals surface area contributed by atoms with Crippen LogP contribution in [0, 0.1) is 6.92 Å². The van der Waals surface area contributed by atoms with Gasteiger partial charge in [-0.2, -0.15) is 5.10 Å². The minimum Gasteiger partial charge on any atom is -0.402 e. The predicted molar refractivity (Wildman–Crippen MR) is 75.2 cm³/mol. The number of carbonyl (C=O) groups excluding carboxylic acids is 1. The van der Waals surface area contributed by atoms with Gasteiger partial charge in [0.15, 0.2) is 5.69 Å². The number of nitrogens with zero attached hydrogens (tertiary/aromatic N) is 2. The summed E-state index contributed by atoms with van der Waals surface area (Å²) in [7, 11) is -0.456. The van der Waals surface area contributed by atoms with Gasteiger partial charge in [-0.3, -0.25) is 4.79 Å². The van der Waals surface area contributed by atoms with Gasteiger partial charge in [0.1, 0.15) is 0 Å². The molecule has 0 spiro atoms. The molecule has 1 aliphatic rings. The molecule has 0 bridgehead atoms. The molecule has 1 aliphatic heterocycles. The average molecular weight is 277 g/mol. The standard InChI is InChI=1S/C13H20BN3O3/c1-9-6-7-10(17-16-9)11(18)15-8-14-19-12(2,3)13(4,5)20-14/h6-7H,8H2,1-5H3,(H,15,18). The third-order valence-corrected chi connectivity index (χ3v) is 3.76. The van der Waals surface area contributed by atoms with Crippen molar-refractivity contribution in [1.29, 1.82) is 0 Å². The van der Waals surface area contributed by atoms with Crippen molar-refractivity contribution in [1.82, 2.24) is 15.5 Å². The molecule has 2 rings (SSSR count). The van der Waals surface area contributed by atoms with Crippen LogP contribution in [-0.4, -0.2) is 40.9 Å². The minimum atomic E-state index is -0.456. The zero-order valence-corrected chi connectivity index (χ0v) is 12.6. The van der Waals surface area contributed by atoms with Crippen LogP contribution in [0.5, 0.6) is 0 Å². The van der Waals surface area contributed by atoms with Gasteiger partial charge >= 0.3 is 7.12 Å². The Labute approximate surface area is 119 Å². The summed E-state index contributed by atoms with van der Waals surface area (Å²) in [5.41, 5.74) is 0.262. The van der Waals surface area contributed by atoms with Crippen LogP contribution < -0.4 is 5.32 Å². The molecule has 20 heavy (non-hydrogen) atoms. The van der Waals surface area contributed by atoms with Gasteiger partial charge in [-0.25, -0.2) is 0 Å². The van der Waals surface area contributed by atoms with E-state index in [1.165, 1.54) is 0 Å². The number of amides is 1. The van der Waals surface area contributed by atoms with E-state index in [9.17, 15) is 4.79 Å². The van der Waals surface area contributed by atoms with Gasteiger partial charge in [-0.1, -0.05) is 0 Å². The minimum absolute atomic E-state index is 0.279. The molecule has 7 heteroatoms. The Morgan fingerprint density at radius 2 is 1.80 bits per heavy atom. The molecule has 0 saturated carbocycles. The second-order valence-electron chi connectivity index (χ2n) is 5.96. The molecule has 108 valence electrons. The van der Waals surface area contributed by atoms with E-state index in [0.717, 1.165) is 5.69 Å². The van der Waals surface area contributed by atoms with E-state index in [2.05, 4.69) is 15.5 Å². The summed E-state index contributed by atoms with van der Waals surface area (Å²) in [6.45, 7) is 9.71. The quantitative estimate of drug-likeness (QED) is 0.839. The summed E-state index contributed by atoms with van der Waals surface area (Å²) in [5.74, 6) is -0.285. The van der Waals surface area contributed by atoms with E-state index in [4.69, 9.17) is 9.31 Å². The van der Waals surface area contributed by atoms with Crippen molar-refractivity contribution >= 4 is 13.0 Å². The van der Waals surface area contributed by atoms with Crippen molar-refractivity contribution < 1.29 is 14.1 Å². The van der Waals surface area contributed by atoms with E-state index in [1.807, 2.05) is 34.6 Å². The Kier molecular flexibility index (Phi) is 3.84. The second-order valence-corrected chi connectivity index (χ2v) is 5.96. The number of hydrogen-bond donors (Lipinski definition) is 1. The Hall–Kier alpha value is -1.47. The molecular formula is C13H20BN3O3. The van der Waals surface area contributed by atoms with E-state index in [-0.39, 0.29) is 18.0 Å². The zero-order valence-electron chi connectivity index (χ0n) is 12.6. The summed E-state index contributed by atoms with van der Waals surface area (Å²) >= 11 is 0. The topological polar surface area (TPSA) is 73.3 Å². The lowest BCUT2D eigenvalue weighted by atomic mass is 9.90. The van der Waals surface area contributed by atoms with Gasteiger partial charge in [0.25, 0.3) is 5.91 Å². The fourth-order valence-electron chi connectivity index (χ4n) is 1.84. The van der Waals surface area contributed by atoms with Crippen molar-refractivity contribution in [3.05, 3.63) is 23.5 Å². The predicted octanol–water partition coefficient (Wildman–Crippen LogP) is 1.15. The molecule has 1 amide bonds. The third kappa shape index (κ3) is 2.99. The monoisotopic (exact) mass is 277 g/mol. The maximum atomic E-state index is 11.9. The average Bonchev–Trinajstić information content (AvgIpc) is 2.56. The van der Waals surface area contributed by atoms with Crippen LogP contribution in [0.1, 0.15) is 43.9 Å². The lowest BCUT2D eigenvalue weighted by Gasteiger charge is -2.32. The number of rotatable bonds is 3. The van der Waals surface area contributed by atoms with Crippen molar-refractivity contribution in [2.24, 2.45) is 0 Å². The van der Waals surface area contributed by atoms with E-state index < -0.39 is 18.3 Å². The van der Waals surface area contributed by atoms with Crippen LogP contribution in [0.3, 0.4) is 0 Å². The number of aromatic nitrogens is 2. The summed E-state index contributed by atoms with van der Waals surface area (Å²) in [6.07, 6.45) is 0.279. The van der Waals surface area contributed by atoms with Crippen molar-refractivity contribution in [2.75, 3.05) is 6.44 Å². The lowest BCUT2D eigenvalue weighted by molar-refractivity contribution is 0.00578. The van der Waals surface area contributed by atoms with E-state index in [0.29, 0.717) is 0 Å². The zero-order chi connectivity index (χ0) is 15.0. The fraction of sp³-hybridized carbons (Fsp3) is 0.615. The number of carbonyl (C=O) groups is 1. The van der Waals surface area contributed by atoms with Crippen LogP contribution in [0.15, 0.2) is 12.1 Å². The maximum Gasteiger partial charge on any atom is 0.478 e. The molecule has 2 heterocycles. The first-order chi connectivity index (χ1) is 9.21. The summed E-state index contributed by atoms with van der Waals surface area (Å²) in [5, 5.41) is 10.4. The normalized spacial score (nSPS) is 19.9. The lowest BCUT2D eigenvalue weighted by Crippen LogP contribution is -2.41. The summed E-state index contributed by atoms with van der Waals surface area (Å²) in [4.78, 5) is 11.9. The van der Waals surface area contributed by atoms with E-state index in [1.54, 1.807) is 12.1 Å². The third-order valence-electron chi connectivity index (χ3n) is 3.76. The number of nitrogens with one attached hydrogen (secondary N) is 1. The summed E-state index contributed by atoms with van der Waals surface area (Å²) in [6, 6.07) is 3.39. The first-order valence-corrected chi connectivity index (χ1v) is 6.65. The van der Waals surface area contributed by atoms with Crippen LogP contribution in [0.25, 0.3) is 0 Å². The molecular weight excluding hydrogens is 257 g/mol. The highest BCUT2D eigenvalue weighted by atomic mass is 16.7. The first kappa shape index (κ1) is 14.9. The smallest absolute Gasteiger partial charge is 0.402 e. The van der Waals surface area contributed by atoms with Gasteiger partial charge in [0, 0.05) is 0 Å². The Morgan fingerprint density at radius 1 is 1.20 bits per heavy atom. The van der Waals surface area contributed by atoms with Crippen molar-refractivity contribution in [3.8, 4) is 0 Å². The Morgan fingerprint density at radius 3 is 2.30 bits per heavy atom. The molecule has 1 saturated heterocycles. The maximum absolute atomic E-state index is 11.9. The summed E-state index contributed by atoms with van der Waals surface area (Å²) < 4.78 is 11.6. The van der Waals surface area contributed by atoms with Gasteiger partial charge in [-0.15, -0.1) is 5.10 Å². The molecule has 0 atom stereocenters. The van der Waals surface area contributed by atoms with Gasteiger partial charge in [0.2, 0.25) is 0 Å². The molecule has 0 radical (unpaired) electrons. The van der Waals surface area contributed by atoms with Crippen LogP contribution in [0.4, 0.5) is 0 Å². The molecule has 6 nitrogen and oxygen atoms in total. The molecule has 0 aliphatic carbocycles. The van der Waals surface area contributed by atoms with Crippen LogP contribution in [0.2, 0.25) is 0 Å². The van der Waals surface area contributed by atoms with Crippen molar-refractivity contribution in [2.45, 2.75) is 45.8 Å². The molecule has 1 aromatic rings. The molecule has 0 aromatic carbocycles. The van der Waals surface area contributed by atoms with E-state index >= 15 is 0 Å². The largest absolute Gasteiger partial charge is 0.478 e. The SMILES string of the molecule is Cc1ccc(C(=O)NCB2OC(C)(C)C(C)(C)O2)nn1. The van der Waals surface area contributed by atoms with Gasteiger partial charge in [0.05, 0.1) is 23.3 Å². The fourth-order valence-corrected chi connectivity index (χ4v) is 1.84. The highest BCUT2D eigenvalue weighted by Gasteiger charge is 2.50. The second kappa shape index (κ2) is 5.14. The van der Waals surface area contributed by atoms with Crippen LogP contribution in [-0.2, 0) is 9.31 Å². The van der Waals surface area contributed by atoms with Gasteiger partial charge < -0.3 is 14.6 Å². The molecule has 1 fully saturated rings. The Bertz CT molecular complexity index is 486. The molecule has 1 aromatic heterocycles. The molecule has 1 N–H and O–H groups in total.